The fraction of sp³-hybridized carbons (Fsp3) is 0.438. The van der Waals surface area contributed by atoms with Gasteiger partial charge in [-0.1, -0.05) is 18.2 Å². The van der Waals surface area contributed by atoms with E-state index >= 15 is 0 Å². The number of nitrogens with one attached hydrogen (secondary N) is 4. The molecule has 3 heterocycles. The molecular weight excluding hydrogens is 306 g/mol. The number of rotatable bonds is 4. The van der Waals surface area contributed by atoms with E-state index in [9.17, 15) is 4.79 Å². The number of hydrogen-bond donors (Lipinski definition) is 4. The lowest BCUT2D eigenvalue weighted by molar-refractivity contribution is 0.0223. The van der Waals surface area contributed by atoms with Crippen LogP contribution in [0.25, 0.3) is 11.0 Å². The van der Waals surface area contributed by atoms with Gasteiger partial charge in [0.05, 0.1) is 11.0 Å². The largest absolute Gasteiger partial charge is 0.326 e. The molecule has 1 atom stereocenters. The molecule has 1 unspecified atom stereocenters. The molecule has 2 aromatic rings. The molecule has 2 saturated heterocycles. The van der Waals surface area contributed by atoms with Crippen molar-refractivity contribution in [1.82, 2.24) is 36.0 Å². The minimum atomic E-state index is -0.00902. The van der Waals surface area contributed by atoms with Crippen molar-refractivity contribution in [2.75, 3.05) is 19.6 Å². The van der Waals surface area contributed by atoms with Crippen molar-refractivity contribution < 1.29 is 0 Å². The smallest absolute Gasteiger partial charge is 0.306 e. The maximum absolute atomic E-state index is 12.4. The molecule has 8 heteroatoms. The first kappa shape index (κ1) is 15.6. The van der Waals surface area contributed by atoms with Gasteiger partial charge in [-0.3, -0.25) is 9.47 Å². The van der Waals surface area contributed by atoms with Gasteiger partial charge in [0.25, 0.3) is 0 Å². The normalized spacial score (nSPS) is 23.9. The fourth-order valence-electron chi connectivity index (χ4n) is 3.71. The summed E-state index contributed by atoms with van der Waals surface area (Å²) in [6.45, 7) is 6.38. The van der Waals surface area contributed by atoms with E-state index in [4.69, 9.17) is 0 Å². The van der Waals surface area contributed by atoms with Crippen molar-refractivity contribution in [2.45, 2.75) is 25.2 Å². The maximum atomic E-state index is 12.4. The summed E-state index contributed by atoms with van der Waals surface area (Å²) in [6, 6.07) is 8.13. The molecule has 0 aliphatic carbocycles. The number of benzene rings is 1. The highest BCUT2D eigenvalue weighted by atomic mass is 16.1. The van der Waals surface area contributed by atoms with Gasteiger partial charge in [-0.2, -0.15) is 16.1 Å². The van der Waals surface area contributed by atoms with Crippen LogP contribution in [0.5, 0.6) is 0 Å². The SMILES string of the molecule is C=CCN1NNNC1N1CCC(n2c(=O)[nH]c3ccccc32)CC1. The summed E-state index contributed by atoms with van der Waals surface area (Å²) in [7, 11) is 0. The van der Waals surface area contributed by atoms with Crippen LogP contribution < -0.4 is 22.2 Å². The summed E-state index contributed by atoms with van der Waals surface area (Å²) in [5.41, 5.74) is 11.1. The van der Waals surface area contributed by atoms with Gasteiger partial charge in [0, 0.05) is 25.7 Å². The minimum Gasteiger partial charge on any atom is -0.306 e. The first-order valence-electron chi connectivity index (χ1n) is 8.35. The number of aromatic nitrogens is 2. The van der Waals surface area contributed by atoms with E-state index in [1.807, 2.05) is 34.9 Å². The number of piperidine rings is 1. The highest BCUT2D eigenvalue weighted by Crippen LogP contribution is 2.26. The molecule has 2 fully saturated rings. The number of nitrogens with zero attached hydrogens (tertiary/aromatic N) is 3. The Labute approximate surface area is 140 Å². The number of para-hydroxylation sites is 2. The van der Waals surface area contributed by atoms with Crippen LogP contribution in [0.3, 0.4) is 0 Å². The van der Waals surface area contributed by atoms with E-state index in [1.165, 1.54) is 0 Å². The van der Waals surface area contributed by atoms with Crippen molar-refractivity contribution in [3.8, 4) is 0 Å². The van der Waals surface area contributed by atoms with E-state index in [0.29, 0.717) is 0 Å². The van der Waals surface area contributed by atoms with Crippen LogP contribution in [0, 0.1) is 0 Å². The monoisotopic (exact) mass is 329 g/mol. The van der Waals surface area contributed by atoms with Crippen molar-refractivity contribution in [3.63, 3.8) is 0 Å². The van der Waals surface area contributed by atoms with Gasteiger partial charge < -0.3 is 4.98 Å². The minimum absolute atomic E-state index is 0.00902. The second kappa shape index (κ2) is 6.50. The Bertz CT molecular complexity index is 774. The Morgan fingerprint density at radius 3 is 2.83 bits per heavy atom. The van der Waals surface area contributed by atoms with Gasteiger partial charge in [-0.05, 0) is 25.0 Å². The second-order valence-corrected chi connectivity index (χ2v) is 6.28. The lowest BCUT2D eigenvalue weighted by Gasteiger charge is -2.38. The molecule has 2 aliphatic rings. The molecule has 128 valence electrons. The number of imidazole rings is 1. The zero-order valence-electron chi connectivity index (χ0n) is 13.5. The summed E-state index contributed by atoms with van der Waals surface area (Å²) >= 11 is 0. The third-order valence-electron chi connectivity index (χ3n) is 4.86. The molecule has 0 saturated carbocycles. The standard InChI is InChI=1S/C16H23N7O/c1-2-9-22-15(18-19-20-22)21-10-7-12(8-11-21)23-14-6-4-3-5-13(14)17-16(23)24/h2-6,12,15,18-20H,1,7-11H2,(H,17,24). The molecule has 1 aromatic carbocycles. The van der Waals surface area contributed by atoms with Crippen molar-refractivity contribution in [1.29, 1.82) is 0 Å². The van der Waals surface area contributed by atoms with Gasteiger partial charge in [0.2, 0.25) is 0 Å². The first-order chi connectivity index (χ1) is 11.8. The summed E-state index contributed by atoms with van der Waals surface area (Å²) in [4.78, 5) is 17.7. The Morgan fingerprint density at radius 1 is 1.25 bits per heavy atom. The number of hydrogen-bond acceptors (Lipinski definition) is 6. The predicted molar refractivity (Wildman–Crippen MR) is 92.5 cm³/mol. The predicted octanol–water partition coefficient (Wildman–Crippen LogP) is 0.266. The molecule has 1 aromatic heterocycles. The Morgan fingerprint density at radius 2 is 2.04 bits per heavy atom. The maximum Gasteiger partial charge on any atom is 0.326 e. The third-order valence-corrected chi connectivity index (χ3v) is 4.86. The van der Waals surface area contributed by atoms with Gasteiger partial charge >= 0.3 is 5.69 Å². The Hall–Kier alpha value is -1.97. The summed E-state index contributed by atoms with van der Waals surface area (Å²) < 4.78 is 1.92. The zero-order chi connectivity index (χ0) is 16.5. The van der Waals surface area contributed by atoms with E-state index < -0.39 is 0 Å². The highest BCUT2D eigenvalue weighted by Gasteiger charge is 2.32. The van der Waals surface area contributed by atoms with Crippen LogP contribution in [-0.2, 0) is 0 Å². The zero-order valence-corrected chi connectivity index (χ0v) is 13.5. The summed E-state index contributed by atoms with van der Waals surface area (Å²) in [6.07, 6.45) is 3.85. The summed E-state index contributed by atoms with van der Waals surface area (Å²) in [5.74, 6) is 0. The van der Waals surface area contributed by atoms with Gasteiger partial charge in [0.15, 0.2) is 0 Å². The van der Waals surface area contributed by atoms with Crippen LogP contribution in [0.1, 0.15) is 18.9 Å². The van der Waals surface area contributed by atoms with Crippen molar-refractivity contribution in [2.24, 2.45) is 0 Å². The second-order valence-electron chi connectivity index (χ2n) is 6.28. The molecule has 0 bridgehead atoms. The van der Waals surface area contributed by atoms with E-state index in [0.717, 1.165) is 43.5 Å². The van der Waals surface area contributed by atoms with E-state index in [1.54, 1.807) is 0 Å². The first-order valence-corrected chi connectivity index (χ1v) is 8.35. The molecule has 0 spiro atoms. The quantitative estimate of drug-likeness (QED) is 0.603. The molecule has 4 N–H and O–H groups in total. The van der Waals surface area contributed by atoms with Crippen molar-refractivity contribution >= 4 is 11.0 Å². The molecular formula is C16H23N7O. The van der Waals surface area contributed by atoms with Crippen LogP contribution in [0.4, 0.5) is 0 Å². The lowest BCUT2D eigenvalue weighted by Crippen LogP contribution is -2.54. The number of aromatic amines is 1. The third kappa shape index (κ3) is 2.68. The molecule has 8 nitrogen and oxygen atoms in total. The van der Waals surface area contributed by atoms with E-state index in [2.05, 4.69) is 38.0 Å². The Balaban J connectivity index is 1.49. The van der Waals surface area contributed by atoms with Crippen molar-refractivity contribution in [3.05, 3.63) is 47.4 Å². The highest BCUT2D eigenvalue weighted by molar-refractivity contribution is 5.75. The van der Waals surface area contributed by atoms with Crippen LogP contribution >= 0.6 is 0 Å². The average Bonchev–Trinajstić information content (AvgIpc) is 3.19. The van der Waals surface area contributed by atoms with Crippen LogP contribution in [0.15, 0.2) is 41.7 Å². The molecule has 4 rings (SSSR count). The number of fused-ring (bicyclic) bond motifs is 1. The van der Waals surface area contributed by atoms with Crippen LogP contribution in [0.2, 0.25) is 0 Å². The van der Waals surface area contributed by atoms with Gasteiger partial charge in [-0.15, -0.1) is 6.58 Å². The van der Waals surface area contributed by atoms with Gasteiger partial charge in [-0.25, -0.2) is 10.2 Å². The topological polar surface area (TPSA) is 80.4 Å². The summed E-state index contributed by atoms with van der Waals surface area (Å²) in [5, 5.41) is 2.06. The van der Waals surface area contributed by atoms with E-state index in [-0.39, 0.29) is 18.0 Å². The number of hydrazine groups is 3. The molecule has 2 aliphatic heterocycles. The molecule has 0 amide bonds. The number of H-pyrrole nitrogens is 1. The van der Waals surface area contributed by atoms with Gasteiger partial charge in [0.1, 0.15) is 6.29 Å². The number of likely N-dealkylation sites (tertiary alicyclic amines) is 1. The average molecular weight is 329 g/mol. The lowest BCUT2D eigenvalue weighted by atomic mass is 10.0. The molecule has 0 radical (unpaired) electrons. The Kier molecular flexibility index (Phi) is 4.21. The van der Waals surface area contributed by atoms with Crippen LogP contribution in [-0.4, -0.2) is 45.4 Å². The fourth-order valence-corrected chi connectivity index (χ4v) is 3.71. The molecule has 24 heavy (non-hydrogen) atoms.